The van der Waals surface area contributed by atoms with E-state index in [-0.39, 0.29) is 0 Å². The van der Waals surface area contributed by atoms with Crippen LogP contribution in [0.2, 0.25) is 0 Å². The van der Waals surface area contributed by atoms with Crippen LogP contribution in [0.25, 0.3) is 11.3 Å². The second-order valence-corrected chi connectivity index (χ2v) is 6.17. The fraction of sp³-hybridized carbons (Fsp3) is 0.438. The summed E-state index contributed by atoms with van der Waals surface area (Å²) < 4.78 is 0. The summed E-state index contributed by atoms with van der Waals surface area (Å²) in [6.45, 7) is 6.35. The van der Waals surface area contributed by atoms with E-state index in [0.717, 1.165) is 31.9 Å². The topological polar surface area (TPSA) is 28.2 Å². The molecular formula is C16H21N3S. The zero-order chi connectivity index (χ0) is 13.8. The maximum Gasteiger partial charge on any atom is 0.186 e. The Kier molecular flexibility index (Phi) is 4.33. The zero-order valence-corrected chi connectivity index (χ0v) is 12.7. The molecule has 1 saturated heterocycles. The predicted molar refractivity (Wildman–Crippen MR) is 86.4 cm³/mol. The molecule has 3 nitrogen and oxygen atoms in total. The van der Waals surface area contributed by atoms with Gasteiger partial charge in [0, 0.05) is 30.1 Å². The van der Waals surface area contributed by atoms with E-state index in [1.807, 2.05) is 11.3 Å². The van der Waals surface area contributed by atoms with Gasteiger partial charge in [-0.3, -0.25) is 0 Å². The molecule has 1 aliphatic heterocycles. The standard InChI is InChI=1S/C16H21N3S/c1-2-17-12-14-15(13-8-4-3-5-9-13)18-16(20-14)19-10-6-7-11-19/h3-5,8-9,17H,2,6-7,10-12H2,1H3. The number of anilines is 1. The third-order valence-electron chi connectivity index (χ3n) is 3.65. The second-order valence-electron chi connectivity index (χ2n) is 5.11. The summed E-state index contributed by atoms with van der Waals surface area (Å²) in [4.78, 5) is 8.69. The summed E-state index contributed by atoms with van der Waals surface area (Å²) in [5.74, 6) is 0. The van der Waals surface area contributed by atoms with E-state index in [4.69, 9.17) is 4.98 Å². The molecule has 0 aliphatic carbocycles. The molecule has 106 valence electrons. The minimum atomic E-state index is 0.909. The van der Waals surface area contributed by atoms with Crippen molar-refractivity contribution in [3.05, 3.63) is 35.2 Å². The highest BCUT2D eigenvalue weighted by Gasteiger charge is 2.19. The van der Waals surface area contributed by atoms with Crippen molar-refractivity contribution in [1.82, 2.24) is 10.3 Å². The van der Waals surface area contributed by atoms with Gasteiger partial charge in [0.1, 0.15) is 0 Å². The van der Waals surface area contributed by atoms with Gasteiger partial charge in [-0.15, -0.1) is 0 Å². The van der Waals surface area contributed by atoms with Crippen LogP contribution in [0.4, 0.5) is 5.13 Å². The van der Waals surface area contributed by atoms with Crippen LogP contribution in [0.1, 0.15) is 24.6 Å². The van der Waals surface area contributed by atoms with Crippen molar-refractivity contribution >= 4 is 16.5 Å². The van der Waals surface area contributed by atoms with Crippen molar-refractivity contribution in [1.29, 1.82) is 0 Å². The van der Waals surface area contributed by atoms with E-state index in [2.05, 4.69) is 47.5 Å². The minimum Gasteiger partial charge on any atom is -0.348 e. The van der Waals surface area contributed by atoms with Crippen molar-refractivity contribution in [2.24, 2.45) is 0 Å². The number of hydrogen-bond donors (Lipinski definition) is 1. The fourth-order valence-electron chi connectivity index (χ4n) is 2.56. The molecule has 1 aliphatic rings. The van der Waals surface area contributed by atoms with Crippen LogP contribution in [-0.2, 0) is 6.54 Å². The molecule has 1 aromatic heterocycles. The average Bonchev–Trinajstić information content (AvgIpc) is 3.15. The third-order valence-corrected chi connectivity index (χ3v) is 4.76. The monoisotopic (exact) mass is 287 g/mol. The van der Waals surface area contributed by atoms with Crippen LogP contribution in [0.3, 0.4) is 0 Å². The van der Waals surface area contributed by atoms with Gasteiger partial charge in [-0.25, -0.2) is 4.98 Å². The summed E-state index contributed by atoms with van der Waals surface area (Å²) in [5.41, 5.74) is 2.38. The first-order valence-electron chi connectivity index (χ1n) is 7.39. The van der Waals surface area contributed by atoms with Gasteiger partial charge in [-0.05, 0) is 19.4 Å². The molecule has 0 atom stereocenters. The Morgan fingerprint density at radius 1 is 1.20 bits per heavy atom. The molecule has 2 heterocycles. The molecule has 0 unspecified atom stereocenters. The Morgan fingerprint density at radius 3 is 2.65 bits per heavy atom. The molecule has 1 fully saturated rings. The Hall–Kier alpha value is -1.39. The molecule has 1 aromatic carbocycles. The van der Waals surface area contributed by atoms with E-state index in [9.17, 15) is 0 Å². The molecule has 20 heavy (non-hydrogen) atoms. The zero-order valence-electron chi connectivity index (χ0n) is 11.9. The van der Waals surface area contributed by atoms with E-state index in [1.54, 1.807) is 0 Å². The summed E-state index contributed by atoms with van der Waals surface area (Å²) >= 11 is 1.84. The van der Waals surface area contributed by atoms with Gasteiger partial charge < -0.3 is 10.2 Å². The molecule has 0 radical (unpaired) electrons. The van der Waals surface area contributed by atoms with Crippen molar-refractivity contribution in [3.63, 3.8) is 0 Å². The van der Waals surface area contributed by atoms with Crippen molar-refractivity contribution in [2.45, 2.75) is 26.3 Å². The normalized spacial score (nSPS) is 14.9. The van der Waals surface area contributed by atoms with E-state index in [1.165, 1.54) is 28.4 Å². The lowest BCUT2D eigenvalue weighted by Gasteiger charge is -2.12. The molecule has 0 bridgehead atoms. The molecule has 0 amide bonds. The van der Waals surface area contributed by atoms with Gasteiger partial charge in [0.25, 0.3) is 0 Å². The second kappa shape index (κ2) is 6.37. The fourth-order valence-corrected chi connectivity index (χ4v) is 3.67. The van der Waals surface area contributed by atoms with Gasteiger partial charge in [0.2, 0.25) is 0 Å². The van der Waals surface area contributed by atoms with Gasteiger partial charge >= 0.3 is 0 Å². The lowest BCUT2D eigenvalue weighted by atomic mass is 10.1. The number of hydrogen-bond acceptors (Lipinski definition) is 4. The summed E-state index contributed by atoms with van der Waals surface area (Å²) in [6, 6.07) is 10.5. The largest absolute Gasteiger partial charge is 0.348 e. The molecule has 0 spiro atoms. The lowest BCUT2D eigenvalue weighted by molar-refractivity contribution is 0.735. The Balaban J connectivity index is 1.93. The van der Waals surface area contributed by atoms with Crippen LogP contribution in [0.5, 0.6) is 0 Å². The number of nitrogens with zero attached hydrogens (tertiary/aromatic N) is 2. The minimum absolute atomic E-state index is 0.909. The van der Waals surface area contributed by atoms with Gasteiger partial charge in [0.05, 0.1) is 5.69 Å². The molecule has 0 saturated carbocycles. The summed E-state index contributed by atoms with van der Waals surface area (Å²) in [6.07, 6.45) is 2.59. The summed E-state index contributed by atoms with van der Waals surface area (Å²) in [7, 11) is 0. The first kappa shape index (κ1) is 13.6. The van der Waals surface area contributed by atoms with Crippen molar-refractivity contribution < 1.29 is 0 Å². The van der Waals surface area contributed by atoms with Crippen molar-refractivity contribution in [3.8, 4) is 11.3 Å². The van der Waals surface area contributed by atoms with Crippen LogP contribution in [0, 0.1) is 0 Å². The van der Waals surface area contributed by atoms with Gasteiger partial charge in [-0.1, -0.05) is 48.6 Å². The smallest absolute Gasteiger partial charge is 0.186 e. The predicted octanol–water partition coefficient (Wildman–Crippen LogP) is 3.52. The summed E-state index contributed by atoms with van der Waals surface area (Å²) in [5, 5.41) is 4.62. The Morgan fingerprint density at radius 2 is 1.95 bits per heavy atom. The first-order chi connectivity index (χ1) is 9.88. The first-order valence-corrected chi connectivity index (χ1v) is 8.21. The number of benzene rings is 1. The number of rotatable bonds is 5. The van der Waals surface area contributed by atoms with E-state index >= 15 is 0 Å². The maximum absolute atomic E-state index is 4.92. The van der Waals surface area contributed by atoms with E-state index < -0.39 is 0 Å². The molecular weight excluding hydrogens is 266 g/mol. The lowest BCUT2D eigenvalue weighted by Crippen LogP contribution is -2.17. The van der Waals surface area contributed by atoms with Crippen molar-refractivity contribution in [2.75, 3.05) is 24.5 Å². The van der Waals surface area contributed by atoms with Gasteiger partial charge in [0.15, 0.2) is 5.13 Å². The molecule has 3 rings (SSSR count). The average molecular weight is 287 g/mol. The molecule has 2 aromatic rings. The maximum atomic E-state index is 4.92. The number of aromatic nitrogens is 1. The third kappa shape index (κ3) is 2.86. The highest BCUT2D eigenvalue weighted by Crippen LogP contribution is 2.34. The van der Waals surface area contributed by atoms with Crippen LogP contribution in [-0.4, -0.2) is 24.6 Å². The van der Waals surface area contributed by atoms with Crippen LogP contribution < -0.4 is 10.2 Å². The Bertz CT molecular complexity index is 544. The number of thiazole rings is 1. The quantitative estimate of drug-likeness (QED) is 0.912. The van der Waals surface area contributed by atoms with Gasteiger partial charge in [-0.2, -0.15) is 0 Å². The number of nitrogens with one attached hydrogen (secondary N) is 1. The highest BCUT2D eigenvalue weighted by atomic mass is 32.1. The molecule has 1 N–H and O–H groups in total. The van der Waals surface area contributed by atoms with Crippen LogP contribution in [0.15, 0.2) is 30.3 Å². The van der Waals surface area contributed by atoms with E-state index in [0.29, 0.717) is 0 Å². The highest BCUT2D eigenvalue weighted by molar-refractivity contribution is 7.16. The van der Waals surface area contributed by atoms with Crippen LogP contribution >= 0.6 is 11.3 Å². The SMILES string of the molecule is CCNCc1sc(N2CCCC2)nc1-c1ccccc1. The molecule has 4 heteroatoms. The Labute approximate surface area is 124 Å².